The van der Waals surface area contributed by atoms with Crippen LogP contribution in [-0.2, 0) is 26.2 Å². The molecule has 206 valence electrons. The van der Waals surface area contributed by atoms with E-state index in [9.17, 15) is 23.1 Å². The molecule has 2 aromatic rings. The lowest BCUT2D eigenvalue weighted by atomic mass is 9.83. The summed E-state index contributed by atoms with van der Waals surface area (Å²) in [4.78, 5) is 24.5. The van der Waals surface area contributed by atoms with Gasteiger partial charge in [-0.25, -0.2) is 13.4 Å². The van der Waals surface area contributed by atoms with Gasteiger partial charge in [0, 0.05) is 43.7 Å². The summed E-state index contributed by atoms with van der Waals surface area (Å²) in [6.07, 6.45) is 3.18. The molecule has 0 saturated carbocycles. The Bertz CT molecular complexity index is 1300. The molecule has 4 rings (SSSR count). The van der Waals surface area contributed by atoms with Crippen LogP contribution in [0.2, 0.25) is 0 Å². The van der Waals surface area contributed by atoms with Crippen molar-refractivity contribution >= 4 is 39.5 Å². The number of nitrogens with zero attached hydrogens (tertiary/aromatic N) is 3. The molecule has 0 radical (unpaired) electrons. The molecule has 2 aliphatic heterocycles. The number of nitrogens with one attached hydrogen (secondary N) is 2. The topological polar surface area (TPSA) is 160 Å². The average molecular weight is 545 g/mol. The summed E-state index contributed by atoms with van der Waals surface area (Å²) in [5.74, 6) is -0.188. The molecule has 2 aromatic carbocycles. The first-order chi connectivity index (χ1) is 18.2. The molecule has 2 aliphatic rings. The molecule has 2 heterocycles. The highest BCUT2D eigenvalue weighted by Crippen LogP contribution is 2.40. The lowest BCUT2D eigenvalue weighted by Gasteiger charge is -2.39. The van der Waals surface area contributed by atoms with E-state index in [0.29, 0.717) is 62.5 Å². The first-order valence-corrected chi connectivity index (χ1v) is 14.3. The zero-order chi connectivity index (χ0) is 27.4. The normalized spacial score (nSPS) is 22.6. The summed E-state index contributed by atoms with van der Waals surface area (Å²) in [5.41, 5.74) is 6.66. The van der Waals surface area contributed by atoms with Crippen LogP contribution < -0.4 is 11.1 Å². The molecule has 3 atom stereocenters. The van der Waals surface area contributed by atoms with E-state index in [4.69, 9.17) is 11.1 Å². The van der Waals surface area contributed by atoms with Crippen LogP contribution in [0.3, 0.4) is 0 Å². The van der Waals surface area contributed by atoms with Gasteiger partial charge in [0.25, 0.3) is 10.0 Å². The monoisotopic (exact) mass is 544 g/mol. The molecule has 1 amide bonds. The van der Waals surface area contributed by atoms with Crippen molar-refractivity contribution in [2.75, 3.05) is 32.7 Å². The predicted octanol–water partition coefficient (Wildman–Crippen LogP) is 0.966. The van der Waals surface area contributed by atoms with Gasteiger partial charge < -0.3 is 25.9 Å². The van der Waals surface area contributed by atoms with Gasteiger partial charge in [0.1, 0.15) is 6.29 Å². The number of aliphatic hydroxyl groups excluding tert-OH is 1. The zero-order valence-electron chi connectivity index (χ0n) is 21.5. The Morgan fingerprint density at radius 2 is 2.05 bits per heavy atom. The molecule has 0 bridgehead atoms. The fourth-order valence-electron chi connectivity index (χ4n) is 5.98. The number of aldehydes is 1. The fourth-order valence-corrected chi connectivity index (χ4v) is 7.95. The lowest BCUT2D eigenvalue weighted by Crippen LogP contribution is -2.52. The number of sulfonamides is 1. The maximum Gasteiger partial charge on any atom is 0.257 e. The van der Waals surface area contributed by atoms with Crippen LogP contribution >= 0.6 is 0 Å². The van der Waals surface area contributed by atoms with Gasteiger partial charge >= 0.3 is 0 Å². The van der Waals surface area contributed by atoms with Crippen molar-refractivity contribution < 1.29 is 23.1 Å². The first-order valence-electron chi connectivity index (χ1n) is 12.9. The number of rotatable bonds is 10. The van der Waals surface area contributed by atoms with E-state index in [1.807, 2.05) is 25.1 Å². The lowest BCUT2D eigenvalue weighted by molar-refractivity contribution is -0.112. The second kappa shape index (κ2) is 11.8. The summed E-state index contributed by atoms with van der Waals surface area (Å²) in [6, 6.07) is 8.89. The molecular weight excluding hydrogens is 508 g/mol. The highest BCUT2D eigenvalue weighted by Gasteiger charge is 2.41. The Balaban J connectivity index is 1.92. The number of hydrogen-bond donors (Lipinski definition) is 4. The predicted molar refractivity (Wildman–Crippen MR) is 144 cm³/mol. The van der Waals surface area contributed by atoms with Crippen LogP contribution in [0.25, 0.3) is 10.8 Å². The van der Waals surface area contributed by atoms with E-state index in [0.717, 1.165) is 9.80 Å². The van der Waals surface area contributed by atoms with Crippen LogP contribution in [0, 0.1) is 11.3 Å². The van der Waals surface area contributed by atoms with Crippen LogP contribution in [0.1, 0.15) is 43.2 Å². The number of carbonyl (C=O) groups excluding carboxylic acids is 2. The van der Waals surface area contributed by atoms with Crippen molar-refractivity contribution in [2.45, 2.75) is 49.6 Å². The minimum absolute atomic E-state index is 0.00264. The zero-order valence-corrected chi connectivity index (χ0v) is 22.4. The Labute approximate surface area is 223 Å². The SMILES string of the molecule is C[C@H]1C[C@@H](c2cc3ccccc3c(CO)c2S(=O)(=O)N(CC=O)N2CCCC2CNC=O)CN(C(=N)N)C1. The number of nitrogens with two attached hydrogens (primary N) is 1. The smallest absolute Gasteiger partial charge is 0.257 e. The Morgan fingerprint density at radius 1 is 1.29 bits per heavy atom. The van der Waals surface area contributed by atoms with Crippen molar-refractivity contribution in [2.24, 2.45) is 11.7 Å². The third-order valence-electron chi connectivity index (χ3n) is 7.57. The first kappa shape index (κ1) is 28.0. The van der Waals surface area contributed by atoms with Gasteiger partial charge in [0.15, 0.2) is 5.96 Å². The molecule has 1 unspecified atom stereocenters. The number of guanidine groups is 1. The van der Waals surface area contributed by atoms with Crippen LogP contribution in [0.15, 0.2) is 35.2 Å². The summed E-state index contributed by atoms with van der Waals surface area (Å²) in [5, 5.41) is 24.2. The molecule has 5 N–H and O–H groups in total. The van der Waals surface area contributed by atoms with E-state index in [1.165, 1.54) is 0 Å². The molecule has 12 heteroatoms. The van der Waals surface area contributed by atoms with E-state index < -0.39 is 23.2 Å². The van der Waals surface area contributed by atoms with Crippen molar-refractivity contribution in [3.8, 4) is 0 Å². The third-order valence-corrected chi connectivity index (χ3v) is 9.48. The van der Waals surface area contributed by atoms with Gasteiger partial charge in [0.05, 0.1) is 18.0 Å². The van der Waals surface area contributed by atoms with Crippen LogP contribution in [0.4, 0.5) is 0 Å². The number of benzene rings is 2. The van der Waals surface area contributed by atoms with Gasteiger partial charge in [0.2, 0.25) is 6.41 Å². The van der Waals surface area contributed by atoms with Gasteiger partial charge in [-0.2, -0.15) is 0 Å². The Kier molecular flexibility index (Phi) is 8.66. The molecule has 38 heavy (non-hydrogen) atoms. The number of fused-ring (bicyclic) bond motifs is 1. The average Bonchev–Trinajstić information content (AvgIpc) is 3.36. The van der Waals surface area contributed by atoms with E-state index >= 15 is 0 Å². The van der Waals surface area contributed by atoms with Gasteiger partial charge in [-0.3, -0.25) is 10.2 Å². The summed E-state index contributed by atoms with van der Waals surface area (Å²) < 4.78 is 30.2. The molecule has 0 spiro atoms. The minimum atomic E-state index is -4.33. The number of carbonyl (C=O) groups is 2. The highest BCUT2D eigenvalue weighted by atomic mass is 32.2. The second-order valence-electron chi connectivity index (χ2n) is 10.1. The summed E-state index contributed by atoms with van der Waals surface area (Å²) in [6.45, 7) is 2.77. The second-order valence-corrected chi connectivity index (χ2v) is 11.9. The standard InChI is InChI=1S/C26H36N6O5S/c1-18-11-20(15-30(14-18)26(27)28)23-12-19-5-2-3-7-22(19)24(16-34)25(23)38(36,37)32(9-10-33)31-8-4-6-21(31)13-29-17-35/h2-3,5,7,10,12,17-18,20-21,34H,4,6,8-9,11,13-16H2,1H3,(H3,27,28)(H,29,35)/t18-,20+,21?/m0/s1. The number of amides is 1. The maximum absolute atomic E-state index is 14.6. The number of hydrazine groups is 1. The number of likely N-dealkylation sites (tertiary alicyclic amines) is 1. The largest absolute Gasteiger partial charge is 0.392 e. The highest BCUT2D eigenvalue weighted by molar-refractivity contribution is 7.89. The molecule has 2 saturated heterocycles. The van der Waals surface area contributed by atoms with Crippen LogP contribution in [-0.4, -0.2) is 85.3 Å². The number of aliphatic hydroxyl groups is 1. The maximum atomic E-state index is 14.6. The molecular formula is C26H36N6O5S. The van der Waals surface area contributed by atoms with Crippen molar-refractivity contribution in [1.29, 1.82) is 5.41 Å². The molecule has 2 fully saturated rings. The molecule has 0 aliphatic carbocycles. The van der Waals surface area contributed by atoms with Crippen molar-refractivity contribution in [3.63, 3.8) is 0 Å². The number of hydrogen-bond acceptors (Lipinski definition) is 7. The van der Waals surface area contributed by atoms with E-state index in [1.54, 1.807) is 22.0 Å². The van der Waals surface area contributed by atoms with Crippen LogP contribution in [0.5, 0.6) is 0 Å². The Morgan fingerprint density at radius 3 is 2.74 bits per heavy atom. The van der Waals surface area contributed by atoms with Crippen molar-refractivity contribution in [1.82, 2.24) is 19.6 Å². The quantitative estimate of drug-likeness (QED) is 0.196. The van der Waals surface area contributed by atoms with Gasteiger partial charge in [-0.1, -0.05) is 31.2 Å². The number of piperidine rings is 1. The minimum Gasteiger partial charge on any atom is -0.392 e. The van der Waals surface area contributed by atoms with Crippen molar-refractivity contribution in [3.05, 3.63) is 41.5 Å². The Hall–Kier alpha value is -3.06. The fraction of sp³-hybridized carbons (Fsp3) is 0.500. The summed E-state index contributed by atoms with van der Waals surface area (Å²) >= 11 is 0. The molecule has 0 aromatic heterocycles. The summed E-state index contributed by atoms with van der Waals surface area (Å²) in [7, 11) is -4.33. The third kappa shape index (κ3) is 5.39. The van der Waals surface area contributed by atoms with Gasteiger partial charge in [-0.05, 0) is 47.6 Å². The van der Waals surface area contributed by atoms with Gasteiger partial charge in [-0.15, -0.1) is 4.41 Å². The molecule has 11 nitrogen and oxygen atoms in total. The van der Waals surface area contributed by atoms with E-state index in [-0.39, 0.29) is 40.8 Å². The van der Waals surface area contributed by atoms with E-state index in [2.05, 4.69) is 5.32 Å².